The molecule has 140 valence electrons. The van der Waals surface area contributed by atoms with Crippen LogP contribution in [0.4, 0.5) is 0 Å². The van der Waals surface area contributed by atoms with Crippen LogP contribution in [0.5, 0.6) is 5.75 Å². The molecule has 2 atom stereocenters. The molecule has 0 bridgehead atoms. The summed E-state index contributed by atoms with van der Waals surface area (Å²) in [5.41, 5.74) is 0.798. The summed E-state index contributed by atoms with van der Waals surface area (Å²) >= 11 is 0. The lowest BCUT2D eigenvalue weighted by atomic mass is 10.1. The van der Waals surface area contributed by atoms with Gasteiger partial charge in [-0.05, 0) is 6.07 Å². The fraction of sp³-hybridized carbons (Fsp3) is 0.562. The number of hydrogen-bond donors (Lipinski definition) is 2. The lowest BCUT2D eigenvalue weighted by Crippen LogP contribution is -2.33. The van der Waals surface area contributed by atoms with Gasteiger partial charge < -0.3 is 14.9 Å². The lowest BCUT2D eigenvalue weighted by molar-refractivity contribution is -0.139. The number of sulfonamides is 1. The molecule has 2 N–H and O–H groups in total. The molecule has 25 heavy (non-hydrogen) atoms. The smallest absolute Gasteiger partial charge is 0.341 e. The number of hydrogen-bond acceptors (Lipinski definition) is 6. The summed E-state index contributed by atoms with van der Waals surface area (Å²) in [4.78, 5) is 12.6. The van der Waals surface area contributed by atoms with Crippen LogP contribution in [0.1, 0.15) is 5.56 Å². The van der Waals surface area contributed by atoms with Crippen molar-refractivity contribution >= 4 is 16.0 Å². The second-order valence-corrected chi connectivity index (χ2v) is 8.60. The highest BCUT2D eigenvalue weighted by atomic mass is 32.2. The first-order valence-electron chi connectivity index (χ1n) is 7.92. The summed E-state index contributed by atoms with van der Waals surface area (Å²) < 4.78 is 30.5. The van der Waals surface area contributed by atoms with E-state index in [0.29, 0.717) is 25.4 Å². The maximum absolute atomic E-state index is 12.0. The summed E-state index contributed by atoms with van der Waals surface area (Å²) in [5, 5.41) is 18.9. The average Bonchev–Trinajstić information content (AvgIpc) is 2.85. The second-order valence-electron chi connectivity index (χ2n) is 6.37. The first-order valence-corrected chi connectivity index (χ1v) is 9.53. The Morgan fingerprint density at radius 2 is 2.00 bits per heavy atom. The van der Waals surface area contributed by atoms with E-state index in [1.54, 1.807) is 12.1 Å². The highest BCUT2D eigenvalue weighted by Crippen LogP contribution is 2.25. The minimum Gasteiger partial charge on any atom is -0.482 e. The van der Waals surface area contributed by atoms with Crippen LogP contribution < -0.4 is 4.74 Å². The molecule has 0 amide bonds. The van der Waals surface area contributed by atoms with Crippen molar-refractivity contribution in [1.29, 1.82) is 0 Å². The first kappa shape index (κ1) is 19.6. The molecule has 1 aromatic carbocycles. The number of ether oxygens (including phenoxy) is 1. The normalized spacial score (nSPS) is 21.6. The van der Waals surface area contributed by atoms with Gasteiger partial charge in [0.25, 0.3) is 0 Å². The van der Waals surface area contributed by atoms with Gasteiger partial charge in [0.2, 0.25) is 10.0 Å². The summed E-state index contributed by atoms with van der Waals surface area (Å²) in [6, 6.07) is 7.10. The van der Waals surface area contributed by atoms with E-state index >= 15 is 0 Å². The number of carboxylic acids is 1. The molecule has 1 heterocycles. The van der Waals surface area contributed by atoms with Crippen molar-refractivity contribution in [3.05, 3.63) is 29.8 Å². The Morgan fingerprint density at radius 1 is 1.32 bits per heavy atom. The molecule has 1 aliphatic heterocycles. The van der Waals surface area contributed by atoms with Crippen LogP contribution in [0.3, 0.4) is 0 Å². The predicted octanol–water partition coefficient (Wildman–Crippen LogP) is -0.166. The molecule has 8 nitrogen and oxygen atoms in total. The van der Waals surface area contributed by atoms with Gasteiger partial charge in [-0.15, -0.1) is 0 Å². The Kier molecular flexibility index (Phi) is 6.39. The molecular weight excluding hydrogens is 348 g/mol. The van der Waals surface area contributed by atoms with Crippen molar-refractivity contribution in [1.82, 2.24) is 9.21 Å². The van der Waals surface area contributed by atoms with E-state index in [1.807, 2.05) is 17.0 Å². The van der Waals surface area contributed by atoms with Gasteiger partial charge in [-0.25, -0.2) is 17.5 Å². The summed E-state index contributed by atoms with van der Waals surface area (Å²) in [6.45, 7) is 0.830. The molecule has 1 saturated heterocycles. The van der Waals surface area contributed by atoms with Gasteiger partial charge in [0, 0.05) is 45.2 Å². The molecule has 0 saturated carbocycles. The number of aliphatic hydroxyl groups is 1. The Morgan fingerprint density at radius 3 is 2.64 bits per heavy atom. The number of nitrogens with zero attached hydrogens (tertiary/aromatic N) is 2. The predicted molar refractivity (Wildman–Crippen MR) is 91.8 cm³/mol. The second kappa shape index (κ2) is 8.13. The van der Waals surface area contributed by atoms with Crippen LogP contribution in [0.15, 0.2) is 24.3 Å². The van der Waals surface area contributed by atoms with Crippen LogP contribution in [-0.2, 0) is 21.4 Å². The number of rotatable bonds is 8. The maximum atomic E-state index is 12.0. The number of aliphatic hydroxyl groups excluding tert-OH is 1. The molecule has 1 fully saturated rings. The van der Waals surface area contributed by atoms with Crippen molar-refractivity contribution < 1.29 is 28.2 Å². The van der Waals surface area contributed by atoms with Crippen LogP contribution in [-0.4, -0.2) is 79.5 Å². The summed E-state index contributed by atoms with van der Waals surface area (Å²) in [5.74, 6) is -1.04. The highest BCUT2D eigenvalue weighted by molar-refractivity contribution is 7.89. The zero-order chi connectivity index (χ0) is 18.6. The fourth-order valence-electron chi connectivity index (χ4n) is 2.81. The van der Waals surface area contributed by atoms with E-state index < -0.39 is 28.7 Å². The van der Waals surface area contributed by atoms with Gasteiger partial charge in [0.1, 0.15) is 5.75 Å². The Bertz CT molecular complexity index is 706. The molecule has 0 aromatic heterocycles. The van der Waals surface area contributed by atoms with Crippen LogP contribution in [0.2, 0.25) is 0 Å². The standard InChI is InChI=1S/C16H24N2O6S/c1-17(2)25(22,23)11-13-8-18(9-14(13)19)7-12-5-3-4-6-15(12)24-10-16(20)21/h3-6,13-14,19H,7-11H2,1-2H3,(H,20,21)/t13-,14-/m0/s1. The topological polar surface area (TPSA) is 107 Å². The molecule has 0 unspecified atom stereocenters. The Hall–Kier alpha value is -1.68. The minimum atomic E-state index is -3.38. The van der Waals surface area contributed by atoms with Gasteiger partial charge in [0.05, 0.1) is 11.9 Å². The van der Waals surface area contributed by atoms with Crippen LogP contribution >= 0.6 is 0 Å². The van der Waals surface area contributed by atoms with E-state index in [9.17, 15) is 18.3 Å². The quantitative estimate of drug-likeness (QED) is 0.652. The van der Waals surface area contributed by atoms with E-state index in [-0.39, 0.29) is 11.7 Å². The summed E-state index contributed by atoms with van der Waals surface area (Å²) in [6.07, 6.45) is -0.721. The van der Waals surface area contributed by atoms with Crippen molar-refractivity contribution in [2.75, 3.05) is 39.5 Å². The zero-order valence-corrected chi connectivity index (χ0v) is 15.1. The number of benzene rings is 1. The largest absolute Gasteiger partial charge is 0.482 e. The molecule has 2 rings (SSSR count). The van der Waals surface area contributed by atoms with Crippen LogP contribution in [0.25, 0.3) is 0 Å². The molecule has 0 radical (unpaired) electrons. The average molecular weight is 372 g/mol. The number of carboxylic acid groups (broad SMARTS) is 1. The third-order valence-corrected chi connectivity index (χ3v) is 6.14. The Labute approximate surface area is 147 Å². The highest BCUT2D eigenvalue weighted by Gasteiger charge is 2.35. The van der Waals surface area contributed by atoms with Crippen molar-refractivity contribution in [2.24, 2.45) is 5.92 Å². The SMILES string of the molecule is CN(C)S(=O)(=O)C[C@@H]1CN(Cc2ccccc2OCC(=O)O)C[C@@H]1O. The molecule has 0 spiro atoms. The molecule has 1 aliphatic rings. The molecule has 0 aliphatic carbocycles. The zero-order valence-electron chi connectivity index (χ0n) is 14.3. The van der Waals surface area contributed by atoms with E-state index in [4.69, 9.17) is 9.84 Å². The lowest BCUT2D eigenvalue weighted by Gasteiger charge is -2.19. The van der Waals surface area contributed by atoms with E-state index in [2.05, 4.69) is 0 Å². The number of likely N-dealkylation sites (tertiary alicyclic amines) is 1. The van der Waals surface area contributed by atoms with Gasteiger partial charge in [-0.1, -0.05) is 18.2 Å². The third-order valence-electron chi connectivity index (χ3n) is 4.18. The van der Waals surface area contributed by atoms with Crippen LogP contribution in [0, 0.1) is 5.92 Å². The minimum absolute atomic E-state index is 0.102. The first-order chi connectivity index (χ1) is 11.7. The van der Waals surface area contributed by atoms with E-state index in [0.717, 1.165) is 9.87 Å². The van der Waals surface area contributed by atoms with Gasteiger partial charge in [-0.2, -0.15) is 0 Å². The maximum Gasteiger partial charge on any atom is 0.341 e. The molecular formula is C16H24N2O6S. The van der Waals surface area contributed by atoms with Crippen molar-refractivity contribution in [3.63, 3.8) is 0 Å². The number of aliphatic carboxylic acids is 1. The molecule has 9 heteroatoms. The van der Waals surface area contributed by atoms with Gasteiger partial charge >= 0.3 is 5.97 Å². The van der Waals surface area contributed by atoms with E-state index in [1.165, 1.54) is 14.1 Å². The Balaban J connectivity index is 2.02. The van der Waals surface area contributed by atoms with Gasteiger partial charge in [0.15, 0.2) is 6.61 Å². The van der Waals surface area contributed by atoms with Crippen molar-refractivity contribution in [3.8, 4) is 5.75 Å². The summed E-state index contributed by atoms with van der Waals surface area (Å²) in [7, 11) is -0.427. The fourth-order valence-corrected chi connectivity index (χ4v) is 3.98. The van der Waals surface area contributed by atoms with Gasteiger partial charge in [-0.3, -0.25) is 4.90 Å². The monoisotopic (exact) mass is 372 g/mol. The van der Waals surface area contributed by atoms with Crippen molar-refractivity contribution in [2.45, 2.75) is 12.6 Å². The molecule has 1 aromatic rings. The third kappa shape index (κ3) is 5.40. The number of para-hydroxylation sites is 1. The number of β-amino-alcohol motifs (C(OH)–C–C–N with tert-alkyl or cyclic N) is 1. The number of carbonyl (C=O) groups is 1.